The van der Waals surface area contributed by atoms with Crippen molar-refractivity contribution in [3.05, 3.63) is 223 Å². The molecule has 7 aromatic rings. The fourth-order valence-electron chi connectivity index (χ4n) is 13.0. The number of carboxylic acids is 1. The number of aromatic amines is 2. The van der Waals surface area contributed by atoms with Gasteiger partial charge in [0.05, 0.1) is 40.0 Å². The molecule has 5 N–H and O–H groups in total. The Bertz CT molecular complexity index is 3780. The molecule has 88 heavy (non-hydrogen) atoms. The monoisotopic (exact) mass is 1170 g/mol. The van der Waals surface area contributed by atoms with E-state index in [4.69, 9.17) is 0 Å². The first-order chi connectivity index (χ1) is 41.9. The molecule has 8 bridgehead atoms. The van der Waals surface area contributed by atoms with E-state index in [2.05, 4.69) is 243 Å². The quantitative estimate of drug-likeness (QED) is 0.0491. The van der Waals surface area contributed by atoms with Gasteiger partial charge in [-0.25, -0.2) is 4.79 Å². The van der Waals surface area contributed by atoms with E-state index < -0.39 is 5.97 Å². The molecular formula is C81H99N5O2. The van der Waals surface area contributed by atoms with E-state index in [9.17, 15) is 9.90 Å². The molecule has 2 aromatic heterocycles. The van der Waals surface area contributed by atoms with Gasteiger partial charge in [0.25, 0.3) is 0 Å². The molecule has 7 heteroatoms. The summed E-state index contributed by atoms with van der Waals surface area (Å²) in [6.45, 7) is 32.5. The highest BCUT2D eigenvalue weighted by molar-refractivity contribution is 5.89. The summed E-state index contributed by atoms with van der Waals surface area (Å²) in [7, 11) is 0. The Hall–Kier alpha value is -7.69. The molecule has 7 nitrogen and oxygen atoms in total. The smallest absolute Gasteiger partial charge is 0.335 e. The van der Waals surface area contributed by atoms with Crippen molar-refractivity contribution >= 4 is 39.8 Å². The van der Waals surface area contributed by atoms with Gasteiger partial charge in [0, 0.05) is 50.5 Å². The highest BCUT2D eigenvalue weighted by Gasteiger charge is 2.35. The number of carbonyl (C=O) groups is 1. The molecule has 2 unspecified atom stereocenters. The molecule has 2 fully saturated rings. The molecule has 3 aliphatic rings. The lowest BCUT2D eigenvalue weighted by molar-refractivity contribution is 0.0696. The number of aromatic nitrogens is 2. The summed E-state index contributed by atoms with van der Waals surface area (Å²) < 4.78 is 0. The predicted octanol–water partition coefficient (Wildman–Crippen LogP) is 18.4. The van der Waals surface area contributed by atoms with Crippen molar-refractivity contribution in [2.45, 2.75) is 221 Å². The number of unbranched alkanes of at least 4 members (excludes halogenated alkanes) is 6. The van der Waals surface area contributed by atoms with Crippen molar-refractivity contribution < 1.29 is 9.90 Å². The average Bonchev–Trinajstić information content (AvgIpc) is 1.68. The molecule has 2 saturated heterocycles. The molecule has 0 saturated carbocycles. The van der Waals surface area contributed by atoms with Crippen LogP contribution in [0.3, 0.4) is 0 Å². The van der Waals surface area contributed by atoms with E-state index in [1.165, 1.54) is 113 Å². The van der Waals surface area contributed by atoms with Crippen molar-refractivity contribution in [2.24, 2.45) is 0 Å². The Kier molecular flexibility index (Phi) is 18.8. The highest BCUT2D eigenvalue weighted by atomic mass is 16.4. The van der Waals surface area contributed by atoms with E-state index in [1.807, 2.05) is 12.1 Å². The summed E-state index contributed by atoms with van der Waals surface area (Å²) in [4.78, 5) is 22.8. The number of nitrogens with one attached hydrogen (secondary N) is 4. The van der Waals surface area contributed by atoms with E-state index in [0.717, 1.165) is 94.4 Å². The van der Waals surface area contributed by atoms with Crippen LogP contribution in [0.5, 0.6) is 0 Å². The van der Waals surface area contributed by atoms with Crippen molar-refractivity contribution in [1.82, 2.24) is 20.6 Å². The second-order valence-corrected chi connectivity index (χ2v) is 29.6. The third-order valence-corrected chi connectivity index (χ3v) is 18.5. The molecule has 5 heterocycles. The van der Waals surface area contributed by atoms with Crippen molar-refractivity contribution in [3.63, 3.8) is 0 Å². The summed E-state index contributed by atoms with van der Waals surface area (Å²) in [5.41, 5.74) is 22.0. The first-order valence-electron chi connectivity index (χ1n) is 33.1. The number of H-pyrrole nitrogens is 2. The maximum absolute atomic E-state index is 12.0. The number of rotatable bonds is 16. The van der Waals surface area contributed by atoms with Crippen LogP contribution >= 0.6 is 0 Å². The van der Waals surface area contributed by atoms with Gasteiger partial charge in [-0.05, 0) is 190 Å². The lowest BCUT2D eigenvalue weighted by Crippen LogP contribution is -2.37. The number of benzene rings is 5. The summed E-state index contributed by atoms with van der Waals surface area (Å²) in [5.74, 6) is 6.23. The Morgan fingerprint density at radius 2 is 0.977 bits per heavy atom. The van der Waals surface area contributed by atoms with Gasteiger partial charge in [0.15, 0.2) is 0 Å². The topological polar surface area (TPSA) is 96.2 Å². The Labute approximate surface area is 527 Å². The normalized spacial score (nSPS) is 19.2. The zero-order chi connectivity index (χ0) is 62.7. The number of nitrogens with zero attached hydrogens (tertiary/aromatic N) is 1. The number of hydrogen-bond acceptors (Lipinski definition) is 4. The van der Waals surface area contributed by atoms with Crippen molar-refractivity contribution in [2.75, 3.05) is 4.90 Å². The molecule has 10 rings (SSSR count). The first-order valence-corrected chi connectivity index (χ1v) is 33.1. The SMILES string of the molecule is CCCCCCc1ccc(N(/C2=c3\cc/c([nH]3)=C(\c3cc(C(C)(C)C)cc(C(C)(C)C)c3)C3CC/C(=C(\C#Cc4ccc(C(=O)O)cc4)c4ccc([nH]4)/C(c4cc(C(C)(C)C)cc(C(C)(C)C)c4)=C4/CCC2N4)N3)c2ccc(CCCCCC)cc2)cc1. The van der Waals surface area contributed by atoms with Crippen LogP contribution in [-0.2, 0) is 34.5 Å². The zero-order valence-electron chi connectivity index (χ0n) is 55.6. The summed E-state index contributed by atoms with van der Waals surface area (Å²) in [5, 5.41) is 20.5. The van der Waals surface area contributed by atoms with Gasteiger partial charge < -0.3 is 30.6 Å². The van der Waals surface area contributed by atoms with E-state index >= 15 is 0 Å². The van der Waals surface area contributed by atoms with Gasteiger partial charge in [-0.15, -0.1) is 0 Å². The minimum Gasteiger partial charge on any atom is -0.478 e. The molecule has 3 aliphatic heterocycles. The fourth-order valence-corrected chi connectivity index (χ4v) is 13.0. The van der Waals surface area contributed by atoms with Gasteiger partial charge in [-0.1, -0.05) is 208 Å². The van der Waals surface area contributed by atoms with Crippen LogP contribution in [0.1, 0.15) is 246 Å². The standard InChI is InChI=1S/C81H99N5O2/c1-15-17-19-21-23-53-27-34-63(35-28-53)86(64-36-29-54(30-37-64)24-22-20-18-16-2)76-72-45-43-70(84-72)74(57-47-59(78(3,4)5)51-60(48-57)79(6,7)8)68-41-39-66(82-68)65(38-31-55-25-32-56(33-26-55)77(87)88)67-40-42-69(83-67)75(71-44-46-73(76)85-71)58-49-61(80(9,10)11)52-62(50-58)81(12,13)14/h25-30,32-37,39,41,44,46-52,69,72,82-85H,15-24,40,42-43,45H2,1-14H3,(H,87,88)/b67-65-,74-70-,75-71-,76-73+. The second kappa shape index (κ2) is 26.2. The Morgan fingerprint density at radius 1 is 0.500 bits per heavy atom. The molecule has 5 aromatic carbocycles. The lowest BCUT2D eigenvalue weighted by Gasteiger charge is -2.32. The summed E-state index contributed by atoms with van der Waals surface area (Å²) in [6.07, 6.45) is 15.4. The van der Waals surface area contributed by atoms with E-state index in [1.54, 1.807) is 12.1 Å². The van der Waals surface area contributed by atoms with Crippen LogP contribution in [0.25, 0.3) is 22.4 Å². The maximum atomic E-state index is 12.0. The van der Waals surface area contributed by atoms with Crippen LogP contribution in [0.2, 0.25) is 0 Å². The molecular weight excluding hydrogens is 1070 g/mol. The number of aryl methyl sites for hydroxylation is 2. The lowest BCUT2D eigenvalue weighted by atomic mass is 9.78. The number of hydrogen-bond donors (Lipinski definition) is 5. The van der Waals surface area contributed by atoms with Crippen molar-refractivity contribution in [1.29, 1.82) is 0 Å². The summed E-state index contributed by atoms with van der Waals surface area (Å²) >= 11 is 0. The third-order valence-electron chi connectivity index (χ3n) is 18.5. The minimum atomic E-state index is -0.954. The molecule has 2 atom stereocenters. The summed E-state index contributed by atoms with van der Waals surface area (Å²) in [6, 6.07) is 49.6. The van der Waals surface area contributed by atoms with Crippen LogP contribution in [0, 0.1) is 11.8 Å². The molecule has 0 radical (unpaired) electrons. The van der Waals surface area contributed by atoms with Crippen molar-refractivity contribution in [3.8, 4) is 11.8 Å². The highest BCUT2D eigenvalue weighted by Crippen LogP contribution is 2.42. The van der Waals surface area contributed by atoms with Crippen LogP contribution in [-0.4, -0.2) is 33.1 Å². The number of allylic oxidation sites excluding steroid dienone is 3. The number of anilines is 2. The maximum Gasteiger partial charge on any atom is 0.335 e. The molecule has 0 aliphatic carbocycles. The minimum absolute atomic E-state index is 0.0737. The van der Waals surface area contributed by atoms with Gasteiger partial charge in [0.2, 0.25) is 0 Å². The molecule has 0 spiro atoms. The van der Waals surface area contributed by atoms with Gasteiger partial charge in [0.1, 0.15) is 0 Å². The van der Waals surface area contributed by atoms with Gasteiger partial charge in [-0.3, -0.25) is 0 Å². The van der Waals surface area contributed by atoms with Crippen LogP contribution < -0.4 is 26.2 Å². The fraction of sp³-hybridized carbons (Fsp3) is 0.420. The van der Waals surface area contributed by atoms with Crippen LogP contribution in [0.4, 0.5) is 11.4 Å². The van der Waals surface area contributed by atoms with E-state index in [-0.39, 0.29) is 39.3 Å². The Balaban J connectivity index is 1.29. The molecule has 0 amide bonds. The molecule has 460 valence electrons. The number of fused-ring (bicyclic) bond motifs is 8. The number of carboxylic acid groups (broad SMARTS) is 1. The predicted molar refractivity (Wildman–Crippen MR) is 371 cm³/mol. The van der Waals surface area contributed by atoms with Crippen LogP contribution in [0.15, 0.2) is 145 Å². The van der Waals surface area contributed by atoms with Gasteiger partial charge in [-0.2, -0.15) is 0 Å². The largest absolute Gasteiger partial charge is 0.478 e. The Morgan fingerprint density at radius 3 is 1.49 bits per heavy atom. The van der Waals surface area contributed by atoms with Gasteiger partial charge >= 0.3 is 5.97 Å². The third kappa shape index (κ3) is 14.6. The second-order valence-electron chi connectivity index (χ2n) is 29.6. The van der Waals surface area contributed by atoms with E-state index in [0.29, 0.717) is 0 Å². The number of aromatic carboxylic acids is 1. The first kappa shape index (κ1) is 63.3. The zero-order valence-corrected chi connectivity index (χ0v) is 55.6. The average molecular weight is 1170 g/mol.